The molecule has 1 atom stereocenters. The van der Waals surface area contributed by atoms with Crippen LogP contribution in [0.2, 0.25) is 0 Å². The molecule has 5 nitrogen and oxygen atoms in total. The Bertz CT molecular complexity index is 203. The Morgan fingerprint density at radius 3 is 3.17 bits per heavy atom. The van der Waals surface area contributed by atoms with E-state index in [-0.39, 0.29) is 6.04 Å². The molecule has 1 aromatic heterocycles. The smallest absolute Gasteiger partial charge is 0.205 e. The fourth-order valence-electron chi connectivity index (χ4n) is 0.780. The maximum absolute atomic E-state index is 5.49. The first kappa shape index (κ1) is 9.37. The fraction of sp³-hybridized carbons (Fsp3) is 0.667. The summed E-state index contributed by atoms with van der Waals surface area (Å²) in [6.07, 6.45) is 0. The Balaban J connectivity index is 2.37. The zero-order valence-corrected chi connectivity index (χ0v) is 7.67. The molecule has 12 heavy (non-hydrogen) atoms. The third-order valence-electron chi connectivity index (χ3n) is 1.34. The van der Waals surface area contributed by atoms with Gasteiger partial charge in [0.15, 0.2) is 0 Å². The van der Waals surface area contributed by atoms with Crippen molar-refractivity contribution < 1.29 is 4.74 Å². The first-order valence-electron chi connectivity index (χ1n) is 3.58. The number of anilines is 1. The lowest BCUT2D eigenvalue weighted by molar-refractivity contribution is 0.187. The fourth-order valence-corrected chi connectivity index (χ4v) is 1.30. The molecular formula is C6H12N4OS. The van der Waals surface area contributed by atoms with Gasteiger partial charge in [0.2, 0.25) is 5.13 Å². The highest BCUT2D eigenvalue weighted by molar-refractivity contribution is 7.13. The van der Waals surface area contributed by atoms with E-state index < -0.39 is 0 Å². The largest absolute Gasteiger partial charge is 0.383 e. The Hall–Kier alpha value is -0.720. The van der Waals surface area contributed by atoms with Crippen LogP contribution in [0.4, 0.5) is 5.13 Å². The van der Waals surface area contributed by atoms with Gasteiger partial charge in [-0.1, -0.05) is 11.3 Å². The molecule has 0 fully saturated rings. The molecule has 0 bridgehead atoms. The summed E-state index contributed by atoms with van der Waals surface area (Å²) in [5.41, 5.74) is 7.16. The number of hydrogen-bond acceptors (Lipinski definition) is 6. The Morgan fingerprint density at radius 1 is 1.83 bits per heavy atom. The number of nitrogens with one attached hydrogen (secondary N) is 1. The second-order valence-electron chi connectivity index (χ2n) is 2.28. The molecule has 0 amide bonds. The van der Waals surface area contributed by atoms with Gasteiger partial charge in [-0.05, 0) is 0 Å². The van der Waals surface area contributed by atoms with E-state index in [0.29, 0.717) is 13.2 Å². The first-order valence-corrected chi connectivity index (χ1v) is 4.46. The lowest BCUT2D eigenvalue weighted by Crippen LogP contribution is -2.32. The van der Waals surface area contributed by atoms with Crippen molar-refractivity contribution in [3.63, 3.8) is 0 Å². The normalized spacial score (nSPS) is 12.8. The summed E-state index contributed by atoms with van der Waals surface area (Å²) in [7, 11) is 1.64. The van der Waals surface area contributed by atoms with Gasteiger partial charge in [0, 0.05) is 13.7 Å². The van der Waals surface area contributed by atoms with E-state index in [2.05, 4.69) is 15.5 Å². The van der Waals surface area contributed by atoms with Gasteiger partial charge in [0.05, 0.1) is 12.6 Å². The Kier molecular flexibility index (Phi) is 3.92. The van der Waals surface area contributed by atoms with E-state index in [9.17, 15) is 0 Å². The maximum atomic E-state index is 5.49. The molecule has 1 unspecified atom stereocenters. The van der Waals surface area contributed by atoms with Gasteiger partial charge in [-0.15, -0.1) is 10.2 Å². The molecule has 0 saturated carbocycles. The zero-order valence-electron chi connectivity index (χ0n) is 6.86. The first-order chi connectivity index (χ1) is 5.86. The summed E-state index contributed by atoms with van der Waals surface area (Å²) in [5.74, 6) is 0. The van der Waals surface area contributed by atoms with Crippen LogP contribution >= 0.6 is 11.3 Å². The number of nitrogens with zero attached hydrogens (tertiary/aromatic N) is 2. The molecule has 3 N–H and O–H groups in total. The molecule has 0 aromatic carbocycles. The second kappa shape index (κ2) is 5.02. The lowest BCUT2D eigenvalue weighted by Gasteiger charge is -2.13. The number of nitrogens with two attached hydrogens (primary N) is 1. The number of methoxy groups -OCH3 is 1. The highest BCUT2D eigenvalue weighted by Crippen LogP contribution is 2.09. The summed E-state index contributed by atoms with van der Waals surface area (Å²) in [4.78, 5) is 0. The molecule has 0 aliphatic carbocycles. The van der Waals surface area contributed by atoms with E-state index in [0.717, 1.165) is 5.13 Å². The van der Waals surface area contributed by atoms with Crippen molar-refractivity contribution in [2.45, 2.75) is 6.04 Å². The number of ether oxygens (including phenoxy) is 1. The van der Waals surface area contributed by atoms with Gasteiger partial charge >= 0.3 is 0 Å². The summed E-state index contributed by atoms with van der Waals surface area (Å²) in [6, 6.07) is 0.114. The van der Waals surface area contributed by atoms with Crippen molar-refractivity contribution in [1.82, 2.24) is 10.2 Å². The van der Waals surface area contributed by atoms with E-state index in [1.165, 1.54) is 11.3 Å². The number of aromatic nitrogens is 2. The monoisotopic (exact) mass is 188 g/mol. The van der Waals surface area contributed by atoms with Crippen molar-refractivity contribution in [1.29, 1.82) is 0 Å². The van der Waals surface area contributed by atoms with Crippen LogP contribution in [-0.2, 0) is 4.74 Å². The molecule has 68 valence electrons. The summed E-state index contributed by atoms with van der Waals surface area (Å²) in [5, 5.41) is 11.4. The molecule has 1 aromatic rings. The van der Waals surface area contributed by atoms with Crippen LogP contribution in [0.25, 0.3) is 0 Å². The number of hydrogen-bond donors (Lipinski definition) is 2. The predicted octanol–water partition coefficient (Wildman–Crippen LogP) is -0.0763. The van der Waals surface area contributed by atoms with Gasteiger partial charge in [0.1, 0.15) is 5.51 Å². The van der Waals surface area contributed by atoms with Gasteiger partial charge in [-0.25, -0.2) is 0 Å². The van der Waals surface area contributed by atoms with E-state index >= 15 is 0 Å². The van der Waals surface area contributed by atoms with Crippen molar-refractivity contribution in [2.24, 2.45) is 5.73 Å². The molecule has 0 radical (unpaired) electrons. The van der Waals surface area contributed by atoms with Gasteiger partial charge in [0.25, 0.3) is 0 Å². The maximum Gasteiger partial charge on any atom is 0.205 e. The average molecular weight is 188 g/mol. The Morgan fingerprint density at radius 2 is 2.67 bits per heavy atom. The summed E-state index contributed by atoms with van der Waals surface area (Å²) < 4.78 is 4.96. The summed E-state index contributed by atoms with van der Waals surface area (Å²) >= 11 is 1.45. The molecule has 0 saturated heterocycles. The molecule has 0 aliphatic heterocycles. The molecule has 1 heterocycles. The minimum atomic E-state index is 0.114. The Labute approximate surface area is 74.9 Å². The standard InChI is InChI=1S/C6H12N4OS/c1-11-3-5(2-7)9-6-10-8-4-12-6/h4-5H,2-3,7H2,1H3,(H,9,10). The van der Waals surface area contributed by atoms with Gasteiger partial charge < -0.3 is 15.8 Å². The molecule has 6 heteroatoms. The quantitative estimate of drug-likeness (QED) is 0.676. The van der Waals surface area contributed by atoms with Crippen molar-refractivity contribution >= 4 is 16.5 Å². The van der Waals surface area contributed by atoms with E-state index in [4.69, 9.17) is 10.5 Å². The SMILES string of the molecule is COCC(CN)Nc1nncs1. The van der Waals surface area contributed by atoms with Gasteiger partial charge in [-0.3, -0.25) is 0 Å². The van der Waals surface area contributed by atoms with Crippen LogP contribution in [0.15, 0.2) is 5.51 Å². The second-order valence-corrected chi connectivity index (χ2v) is 3.11. The molecule has 0 spiro atoms. The van der Waals surface area contributed by atoms with Crippen LogP contribution in [0, 0.1) is 0 Å². The van der Waals surface area contributed by atoms with E-state index in [1.807, 2.05) is 0 Å². The van der Waals surface area contributed by atoms with Crippen LogP contribution in [0.1, 0.15) is 0 Å². The van der Waals surface area contributed by atoms with E-state index in [1.54, 1.807) is 12.6 Å². The van der Waals surface area contributed by atoms with Crippen LogP contribution < -0.4 is 11.1 Å². The average Bonchev–Trinajstić information content (AvgIpc) is 2.56. The topological polar surface area (TPSA) is 73.1 Å². The predicted molar refractivity (Wildman–Crippen MR) is 48.3 cm³/mol. The third-order valence-corrected chi connectivity index (χ3v) is 1.96. The zero-order chi connectivity index (χ0) is 8.81. The third kappa shape index (κ3) is 2.72. The minimum absolute atomic E-state index is 0.114. The van der Waals surface area contributed by atoms with Crippen molar-refractivity contribution in [2.75, 3.05) is 25.6 Å². The van der Waals surface area contributed by atoms with Crippen molar-refractivity contribution in [3.8, 4) is 0 Å². The number of rotatable bonds is 5. The highest BCUT2D eigenvalue weighted by atomic mass is 32.1. The summed E-state index contributed by atoms with van der Waals surface area (Å²) in [6.45, 7) is 1.10. The highest BCUT2D eigenvalue weighted by Gasteiger charge is 2.06. The van der Waals surface area contributed by atoms with Gasteiger partial charge in [-0.2, -0.15) is 0 Å². The van der Waals surface area contributed by atoms with Crippen LogP contribution in [0.5, 0.6) is 0 Å². The molecule has 0 aliphatic rings. The minimum Gasteiger partial charge on any atom is -0.383 e. The molecular weight excluding hydrogens is 176 g/mol. The van der Waals surface area contributed by atoms with Crippen molar-refractivity contribution in [3.05, 3.63) is 5.51 Å². The lowest BCUT2D eigenvalue weighted by atomic mass is 10.3. The molecule has 1 rings (SSSR count). The van der Waals surface area contributed by atoms with Crippen LogP contribution in [-0.4, -0.2) is 36.5 Å². The van der Waals surface area contributed by atoms with Crippen LogP contribution in [0.3, 0.4) is 0 Å².